The van der Waals surface area contributed by atoms with Crippen molar-refractivity contribution >= 4 is 24.1 Å². The molecule has 1 amide bonds. The number of aromatic nitrogens is 1. The van der Waals surface area contributed by atoms with E-state index in [2.05, 4.69) is 10.3 Å². The van der Waals surface area contributed by atoms with Gasteiger partial charge < -0.3 is 16.2 Å². The lowest BCUT2D eigenvalue weighted by Crippen LogP contribution is -2.48. The molecular weight excluding hydrogens is 290 g/mol. The van der Waals surface area contributed by atoms with Crippen LogP contribution in [0.4, 0.5) is 5.82 Å². The number of nitrogens with two attached hydrogens (primary N) is 1. The number of aromatic hydroxyl groups is 1. The van der Waals surface area contributed by atoms with Gasteiger partial charge in [-0.3, -0.25) is 4.79 Å². The molecule has 4 N–H and O–H groups in total. The Morgan fingerprint density at radius 2 is 2.00 bits per heavy atom. The first kappa shape index (κ1) is 16.0. The second-order valence-electron chi connectivity index (χ2n) is 6.06. The smallest absolute Gasteiger partial charge is 0.228 e. The number of anilines is 1. The van der Waals surface area contributed by atoms with E-state index < -0.39 is 0 Å². The average Bonchev–Trinajstić information content (AvgIpc) is 2.41. The molecule has 2 aliphatic rings. The summed E-state index contributed by atoms with van der Waals surface area (Å²) in [5.41, 5.74) is 6.24. The molecule has 2 atom stereocenters. The van der Waals surface area contributed by atoms with Crippen LogP contribution in [-0.2, 0) is 4.79 Å². The van der Waals surface area contributed by atoms with Crippen LogP contribution >= 0.6 is 12.4 Å². The van der Waals surface area contributed by atoms with Crippen molar-refractivity contribution in [2.45, 2.75) is 38.1 Å². The zero-order chi connectivity index (χ0) is 14.1. The third-order valence-electron chi connectivity index (χ3n) is 4.81. The van der Waals surface area contributed by atoms with E-state index >= 15 is 0 Å². The fraction of sp³-hybridized carbons (Fsp3) is 0.600. The number of fused-ring (bicyclic) bond motifs is 2. The van der Waals surface area contributed by atoms with E-state index in [1.165, 1.54) is 12.5 Å². The quantitative estimate of drug-likeness (QED) is 0.782. The molecule has 1 aromatic heterocycles. The fourth-order valence-corrected chi connectivity index (χ4v) is 3.72. The van der Waals surface area contributed by atoms with Gasteiger partial charge in [-0.1, -0.05) is 6.42 Å². The van der Waals surface area contributed by atoms with Crippen molar-refractivity contribution in [2.75, 3.05) is 5.32 Å². The minimum atomic E-state index is -0.0391. The van der Waals surface area contributed by atoms with E-state index in [1.807, 2.05) is 0 Å². The summed E-state index contributed by atoms with van der Waals surface area (Å²) < 4.78 is 0. The third-order valence-corrected chi connectivity index (χ3v) is 4.81. The molecule has 0 aliphatic heterocycles. The number of nitrogens with one attached hydrogen (secondary N) is 1. The number of hydrogen-bond acceptors (Lipinski definition) is 4. The molecule has 2 saturated carbocycles. The van der Waals surface area contributed by atoms with Gasteiger partial charge in [0, 0.05) is 18.2 Å². The minimum absolute atomic E-state index is 0. The largest absolute Gasteiger partial charge is 0.504 e. The highest BCUT2D eigenvalue weighted by atomic mass is 35.5. The van der Waals surface area contributed by atoms with E-state index in [0.29, 0.717) is 11.8 Å². The molecule has 1 aromatic rings. The normalized spacial score (nSPS) is 31.1. The topological polar surface area (TPSA) is 88.2 Å². The molecule has 2 aliphatic carbocycles. The molecule has 0 spiro atoms. The van der Waals surface area contributed by atoms with Crippen molar-refractivity contribution in [3.05, 3.63) is 18.3 Å². The van der Waals surface area contributed by atoms with Gasteiger partial charge in [0.05, 0.1) is 0 Å². The summed E-state index contributed by atoms with van der Waals surface area (Å²) in [6.45, 7) is 0. The van der Waals surface area contributed by atoms with Crippen molar-refractivity contribution in [2.24, 2.45) is 23.5 Å². The fourth-order valence-electron chi connectivity index (χ4n) is 3.72. The van der Waals surface area contributed by atoms with Gasteiger partial charge in [0.2, 0.25) is 5.91 Å². The van der Waals surface area contributed by atoms with E-state index in [1.54, 1.807) is 12.3 Å². The first-order valence-corrected chi connectivity index (χ1v) is 7.35. The van der Waals surface area contributed by atoms with Crippen molar-refractivity contribution in [3.63, 3.8) is 0 Å². The van der Waals surface area contributed by atoms with Gasteiger partial charge in [0.15, 0.2) is 11.6 Å². The number of hydrogen-bond donors (Lipinski definition) is 3. The first-order valence-electron chi connectivity index (χ1n) is 7.35. The Hall–Kier alpha value is -1.33. The maximum absolute atomic E-state index is 12.4. The van der Waals surface area contributed by atoms with Crippen LogP contribution in [-0.4, -0.2) is 22.0 Å². The summed E-state index contributed by atoms with van der Waals surface area (Å²) in [7, 11) is 0. The van der Waals surface area contributed by atoms with E-state index in [0.717, 1.165) is 25.7 Å². The average molecular weight is 312 g/mol. The number of carbonyl (C=O) groups is 1. The highest BCUT2D eigenvalue weighted by Crippen LogP contribution is 2.42. The molecule has 3 rings (SSSR count). The summed E-state index contributed by atoms with van der Waals surface area (Å²) in [6, 6.07) is 3.42. The summed E-state index contributed by atoms with van der Waals surface area (Å²) in [5.74, 6) is 1.14. The van der Waals surface area contributed by atoms with Crippen molar-refractivity contribution in [3.8, 4) is 5.75 Å². The molecule has 0 aromatic carbocycles. The second kappa shape index (κ2) is 6.62. The summed E-state index contributed by atoms with van der Waals surface area (Å²) in [4.78, 5) is 16.3. The predicted molar refractivity (Wildman–Crippen MR) is 83.3 cm³/mol. The van der Waals surface area contributed by atoms with Gasteiger partial charge in [-0.2, -0.15) is 0 Å². The molecule has 2 unspecified atom stereocenters. The lowest BCUT2D eigenvalue weighted by atomic mass is 9.65. The maximum atomic E-state index is 12.4. The van der Waals surface area contributed by atoms with Crippen LogP contribution in [0.2, 0.25) is 0 Å². The number of rotatable bonds is 2. The molecule has 0 radical (unpaired) electrons. The zero-order valence-electron chi connectivity index (χ0n) is 11.9. The number of halogens is 1. The Labute approximate surface area is 130 Å². The molecule has 21 heavy (non-hydrogen) atoms. The van der Waals surface area contributed by atoms with E-state index in [-0.39, 0.29) is 41.8 Å². The van der Waals surface area contributed by atoms with Crippen molar-refractivity contribution in [1.29, 1.82) is 0 Å². The minimum Gasteiger partial charge on any atom is -0.504 e. The van der Waals surface area contributed by atoms with Gasteiger partial charge in [-0.15, -0.1) is 12.4 Å². The van der Waals surface area contributed by atoms with Gasteiger partial charge in [0.25, 0.3) is 0 Å². The monoisotopic (exact) mass is 311 g/mol. The van der Waals surface area contributed by atoms with Crippen LogP contribution in [0.15, 0.2) is 18.3 Å². The molecule has 1 heterocycles. The van der Waals surface area contributed by atoms with Gasteiger partial charge in [-0.25, -0.2) is 4.98 Å². The lowest BCUT2D eigenvalue weighted by Gasteiger charge is -2.43. The molecular formula is C15H22ClN3O2. The Morgan fingerprint density at radius 1 is 1.33 bits per heavy atom. The van der Waals surface area contributed by atoms with Crippen LogP contribution in [0.3, 0.4) is 0 Å². The summed E-state index contributed by atoms with van der Waals surface area (Å²) in [5, 5.41) is 12.4. The molecule has 6 heteroatoms. The standard InChI is InChI=1S/C15H21N3O2.ClH/c16-13-9-3-1-4-10(13)8-11(7-9)15(20)18-14-12(19)5-2-6-17-14;/h2,5-6,9-11,13,19H,1,3-4,7-8,16H2,(H,17,18,20);1H. The molecule has 0 saturated heterocycles. The second-order valence-corrected chi connectivity index (χ2v) is 6.06. The van der Waals surface area contributed by atoms with Gasteiger partial charge >= 0.3 is 0 Å². The Bertz CT molecular complexity index is 497. The van der Waals surface area contributed by atoms with Crippen LogP contribution < -0.4 is 11.1 Å². The number of amides is 1. The third kappa shape index (κ3) is 3.30. The van der Waals surface area contributed by atoms with Gasteiger partial charge in [0.1, 0.15) is 0 Å². The molecule has 2 fully saturated rings. The zero-order valence-corrected chi connectivity index (χ0v) is 12.7. The predicted octanol–water partition coefficient (Wildman–Crippen LogP) is 2.30. The number of carbonyl (C=O) groups excluding carboxylic acids is 1. The van der Waals surface area contributed by atoms with E-state index in [9.17, 15) is 9.90 Å². The van der Waals surface area contributed by atoms with Gasteiger partial charge in [-0.05, 0) is 49.7 Å². The first-order chi connectivity index (χ1) is 9.65. The molecule has 116 valence electrons. The van der Waals surface area contributed by atoms with E-state index in [4.69, 9.17) is 5.73 Å². The van der Waals surface area contributed by atoms with Crippen LogP contribution in [0.1, 0.15) is 32.1 Å². The molecule has 5 nitrogen and oxygen atoms in total. The lowest BCUT2D eigenvalue weighted by molar-refractivity contribution is -0.122. The number of nitrogens with zero attached hydrogens (tertiary/aromatic N) is 1. The highest BCUT2D eigenvalue weighted by molar-refractivity contribution is 5.92. The highest BCUT2D eigenvalue weighted by Gasteiger charge is 2.40. The van der Waals surface area contributed by atoms with Crippen molar-refractivity contribution in [1.82, 2.24) is 4.98 Å². The number of pyridine rings is 1. The van der Waals surface area contributed by atoms with Crippen LogP contribution in [0.5, 0.6) is 5.75 Å². The van der Waals surface area contributed by atoms with Crippen LogP contribution in [0, 0.1) is 17.8 Å². The van der Waals surface area contributed by atoms with Crippen molar-refractivity contribution < 1.29 is 9.90 Å². The van der Waals surface area contributed by atoms with Crippen LogP contribution in [0.25, 0.3) is 0 Å². The Balaban J connectivity index is 0.00000161. The summed E-state index contributed by atoms with van der Waals surface area (Å²) in [6.07, 6.45) is 6.78. The Kier molecular flexibility index (Phi) is 5.06. The Morgan fingerprint density at radius 3 is 2.62 bits per heavy atom. The SMILES string of the molecule is Cl.NC1C2CCCC1CC(C(=O)Nc1ncccc1O)C2. The summed E-state index contributed by atoms with van der Waals surface area (Å²) >= 11 is 0. The molecule has 2 bridgehead atoms. The maximum Gasteiger partial charge on any atom is 0.228 e.